The summed E-state index contributed by atoms with van der Waals surface area (Å²) >= 11 is 6.34. The average Bonchev–Trinajstić information content (AvgIpc) is 2.45. The number of hydrogen-bond acceptors (Lipinski definition) is 3. The standard InChI is InChI=1S/C16H20ClN3/c1-12(18)13-6-7-16(15(17)11-13)20(2)10-8-14-5-3-4-9-19-14/h3-7,9,11-12H,8,10,18H2,1-2H3. The van der Waals surface area contributed by atoms with Crippen molar-refractivity contribution in [1.29, 1.82) is 0 Å². The molecule has 0 spiro atoms. The van der Waals surface area contributed by atoms with Crippen LogP contribution in [0.3, 0.4) is 0 Å². The van der Waals surface area contributed by atoms with Crippen molar-refractivity contribution in [2.75, 3.05) is 18.5 Å². The second kappa shape index (κ2) is 6.73. The lowest BCUT2D eigenvalue weighted by Crippen LogP contribution is -2.21. The van der Waals surface area contributed by atoms with Crippen LogP contribution in [0.2, 0.25) is 5.02 Å². The van der Waals surface area contributed by atoms with Gasteiger partial charge in [0.05, 0.1) is 10.7 Å². The van der Waals surface area contributed by atoms with E-state index in [-0.39, 0.29) is 6.04 Å². The van der Waals surface area contributed by atoms with Crippen LogP contribution in [0.4, 0.5) is 5.69 Å². The lowest BCUT2D eigenvalue weighted by Gasteiger charge is -2.21. The molecule has 106 valence electrons. The summed E-state index contributed by atoms with van der Waals surface area (Å²) in [6.45, 7) is 2.82. The molecule has 0 amide bonds. The predicted octanol–water partition coefficient (Wildman–Crippen LogP) is 3.43. The normalized spacial score (nSPS) is 12.2. The van der Waals surface area contributed by atoms with Crippen LogP contribution in [0.25, 0.3) is 0 Å². The highest BCUT2D eigenvalue weighted by Crippen LogP contribution is 2.27. The van der Waals surface area contributed by atoms with Gasteiger partial charge in [0.2, 0.25) is 0 Å². The fraction of sp³-hybridized carbons (Fsp3) is 0.312. The Labute approximate surface area is 125 Å². The second-order valence-corrected chi connectivity index (χ2v) is 5.40. The first kappa shape index (κ1) is 14.8. The first-order chi connectivity index (χ1) is 9.58. The van der Waals surface area contributed by atoms with Crippen LogP contribution in [0.15, 0.2) is 42.6 Å². The molecule has 3 nitrogen and oxygen atoms in total. The molecule has 0 aliphatic heterocycles. The third-order valence-electron chi connectivity index (χ3n) is 3.34. The third-order valence-corrected chi connectivity index (χ3v) is 3.64. The van der Waals surface area contributed by atoms with E-state index in [0.29, 0.717) is 0 Å². The molecule has 1 atom stereocenters. The van der Waals surface area contributed by atoms with Crippen LogP contribution in [0, 0.1) is 0 Å². The molecule has 20 heavy (non-hydrogen) atoms. The van der Waals surface area contributed by atoms with Gasteiger partial charge in [-0.05, 0) is 36.8 Å². The first-order valence-electron chi connectivity index (χ1n) is 6.74. The van der Waals surface area contributed by atoms with E-state index in [1.165, 1.54) is 0 Å². The third kappa shape index (κ3) is 3.71. The zero-order valence-electron chi connectivity index (χ0n) is 11.9. The topological polar surface area (TPSA) is 42.1 Å². The SMILES string of the molecule is CC(N)c1ccc(N(C)CCc2ccccn2)c(Cl)c1. The smallest absolute Gasteiger partial charge is 0.0642 e. The maximum Gasteiger partial charge on any atom is 0.0642 e. The van der Waals surface area contributed by atoms with Gasteiger partial charge in [-0.15, -0.1) is 0 Å². The minimum Gasteiger partial charge on any atom is -0.373 e. The maximum atomic E-state index is 6.34. The molecule has 1 unspecified atom stereocenters. The van der Waals surface area contributed by atoms with E-state index in [0.717, 1.165) is 34.9 Å². The molecule has 4 heteroatoms. The van der Waals surface area contributed by atoms with E-state index < -0.39 is 0 Å². The molecule has 0 bridgehead atoms. The number of benzene rings is 1. The van der Waals surface area contributed by atoms with Crippen molar-refractivity contribution in [3.63, 3.8) is 0 Å². The molecule has 0 saturated heterocycles. The molecule has 0 fully saturated rings. The zero-order valence-corrected chi connectivity index (χ0v) is 12.6. The summed E-state index contributed by atoms with van der Waals surface area (Å²) in [6, 6.07) is 12.0. The van der Waals surface area contributed by atoms with E-state index in [9.17, 15) is 0 Å². The van der Waals surface area contributed by atoms with E-state index in [1.807, 2.05) is 56.6 Å². The van der Waals surface area contributed by atoms with Crippen molar-refractivity contribution in [2.45, 2.75) is 19.4 Å². The van der Waals surface area contributed by atoms with Gasteiger partial charge < -0.3 is 10.6 Å². The number of halogens is 1. The Balaban J connectivity index is 2.04. The quantitative estimate of drug-likeness (QED) is 0.917. The summed E-state index contributed by atoms with van der Waals surface area (Å²) in [5.74, 6) is 0. The summed E-state index contributed by atoms with van der Waals surface area (Å²) in [4.78, 5) is 6.47. The number of anilines is 1. The van der Waals surface area contributed by atoms with Crippen LogP contribution in [-0.2, 0) is 6.42 Å². The van der Waals surface area contributed by atoms with Crippen molar-refractivity contribution in [2.24, 2.45) is 5.73 Å². The number of likely N-dealkylation sites (N-methyl/N-ethyl adjacent to an activating group) is 1. The molecule has 1 aromatic carbocycles. The molecule has 2 N–H and O–H groups in total. The van der Waals surface area contributed by atoms with Gasteiger partial charge in [0, 0.05) is 37.9 Å². The molecular weight excluding hydrogens is 270 g/mol. The number of aromatic nitrogens is 1. The van der Waals surface area contributed by atoms with Crippen LogP contribution >= 0.6 is 11.6 Å². The summed E-state index contributed by atoms with van der Waals surface area (Å²) in [6.07, 6.45) is 2.71. The van der Waals surface area contributed by atoms with Crippen molar-refractivity contribution >= 4 is 17.3 Å². The van der Waals surface area contributed by atoms with Gasteiger partial charge in [0.1, 0.15) is 0 Å². The van der Waals surface area contributed by atoms with Crippen molar-refractivity contribution < 1.29 is 0 Å². The largest absolute Gasteiger partial charge is 0.373 e. The molecule has 2 aromatic rings. The Hall–Kier alpha value is -1.58. The van der Waals surface area contributed by atoms with E-state index >= 15 is 0 Å². The summed E-state index contributed by atoms with van der Waals surface area (Å²) < 4.78 is 0. The Bertz CT molecular complexity index is 555. The number of hydrogen-bond donors (Lipinski definition) is 1. The maximum absolute atomic E-state index is 6.34. The molecular formula is C16H20ClN3. The molecule has 0 radical (unpaired) electrons. The number of nitrogens with two attached hydrogens (primary N) is 1. The molecule has 2 rings (SSSR count). The molecule has 0 saturated carbocycles. The Morgan fingerprint density at radius 1 is 1.30 bits per heavy atom. The van der Waals surface area contributed by atoms with E-state index in [2.05, 4.69) is 9.88 Å². The highest BCUT2D eigenvalue weighted by atomic mass is 35.5. The molecule has 0 aliphatic carbocycles. The number of pyridine rings is 1. The highest BCUT2D eigenvalue weighted by molar-refractivity contribution is 6.33. The van der Waals surface area contributed by atoms with Crippen LogP contribution in [0.1, 0.15) is 24.2 Å². The second-order valence-electron chi connectivity index (χ2n) is 4.99. The number of nitrogens with zero attached hydrogens (tertiary/aromatic N) is 2. The van der Waals surface area contributed by atoms with Gasteiger partial charge in [0.25, 0.3) is 0 Å². The van der Waals surface area contributed by atoms with Gasteiger partial charge in [-0.1, -0.05) is 23.7 Å². The Morgan fingerprint density at radius 2 is 2.10 bits per heavy atom. The monoisotopic (exact) mass is 289 g/mol. The molecule has 1 aromatic heterocycles. The van der Waals surface area contributed by atoms with E-state index in [1.54, 1.807) is 0 Å². The van der Waals surface area contributed by atoms with Crippen LogP contribution in [0.5, 0.6) is 0 Å². The number of rotatable bonds is 5. The average molecular weight is 290 g/mol. The van der Waals surface area contributed by atoms with Crippen molar-refractivity contribution in [3.8, 4) is 0 Å². The fourth-order valence-corrected chi connectivity index (χ4v) is 2.40. The Morgan fingerprint density at radius 3 is 2.70 bits per heavy atom. The molecule has 0 aliphatic rings. The lowest BCUT2D eigenvalue weighted by atomic mass is 10.1. The fourth-order valence-electron chi connectivity index (χ4n) is 2.06. The van der Waals surface area contributed by atoms with Gasteiger partial charge >= 0.3 is 0 Å². The Kier molecular flexibility index (Phi) is 4.99. The predicted molar refractivity (Wildman–Crippen MR) is 85.3 cm³/mol. The minimum atomic E-state index is 0.000347. The zero-order chi connectivity index (χ0) is 14.5. The lowest BCUT2D eigenvalue weighted by molar-refractivity contribution is 0.815. The minimum absolute atomic E-state index is 0.000347. The summed E-state index contributed by atoms with van der Waals surface area (Å²) in [5.41, 5.74) is 9.02. The van der Waals surface area contributed by atoms with Gasteiger partial charge in [0.15, 0.2) is 0 Å². The highest BCUT2D eigenvalue weighted by Gasteiger charge is 2.09. The van der Waals surface area contributed by atoms with Crippen LogP contribution < -0.4 is 10.6 Å². The van der Waals surface area contributed by atoms with Crippen molar-refractivity contribution in [3.05, 3.63) is 58.9 Å². The van der Waals surface area contributed by atoms with Gasteiger partial charge in [-0.2, -0.15) is 0 Å². The van der Waals surface area contributed by atoms with Crippen molar-refractivity contribution in [1.82, 2.24) is 4.98 Å². The summed E-state index contributed by atoms with van der Waals surface area (Å²) in [7, 11) is 2.04. The summed E-state index contributed by atoms with van der Waals surface area (Å²) in [5, 5.41) is 0.739. The first-order valence-corrected chi connectivity index (χ1v) is 7.12. The van der Waals surface area contributed by atoms with Gasteiger partial charge in [-0.25, -0.2) is 0 Å². The molecule has 1 heterocycles. The van der Waals surface area contributed by atoms with Crippen LogP contribution in [-0.4, -0.2) is 18.6 Å². The van der Waals surface area contributed by atoms with E-state index in [4.69, 9.17) is 17.3 Å². The van der Waals surface area contributed by atoms with Gasteiger partial charge in [-0.3, -0.25) is 4.98 Å².